The standard InChI is InChI=1S/C31H27N5O4/c1-19-16-23(34(3)4)14-13-21(19)8-6-12-26-20(2)27-28(35(29(26)37)25-11-7-15-32-18-25)33-36(30(27)38)24-10-5-9-22(17-24)31(39)40/h5-18H,1-4H3,(H,39,40)/b8-6?,26-12-. The van der Waals surface area contributed by atoms with Gasteiger partial charge in [0.05, 0.1) is 28.7 Å². The fraction of sp³-hybridized carbons (Fsp3) is 0.129. The van der Waals surface area contributed by atoms with Gasteiger partial charge in [-0.25, -0.2) is 4.79 Å². The largest absolute Gasteiger partial charge is 0.478 e. The van der Waals surface area contributed by atoms with Crippen LogP contribution >= 0.6 is 0 Å². The predicted molar refractivity (Wildman–Crippen MR) is 155 cm³/mol. The van der Waals surface area contributed by atoms with Crippen molar-refractivity contribution in [2.45, 2.75) is 13.8 Å². The molecule has 0 spiro atoms. The summed E-state index contributed by atoms with van der Waals surface area (Å²) >= 11 is 0. The fourth-order valence-corrected chi connectivity index (χ4v) is 4.63. The van der Waals surface area contributed by atoms with E-state index in [-0.39, 0.29) is 27.9 Å². The normalized spacial score (nSPS) is 13.1. The molecule has 0 radical (unpaired) electrons. The maximum Gasteiger partial charge on any atom is 0.335 e. The number of benzene rings is 2. The van der Waals surface area contributed by atoms with Crippen LogP contribution in [-0.4, -0.2) is 40.6 Å². The number of hydrogen-bond acceptors (Lipinski definition) is 6. The number of hydrogen-bond donors (Lipinski definition) is 1. The minimum atomic E-state index is -1.12. The van der Waals surface area contributed by atoms with Crippen molar-refractivity contribution in [3.63, 3.8) is 0 Å². The molecule has 9 nitrogen and oxygen atoms in total. The van der Waals surface area contributed by atoms with Gasteiger partial charge in [-0.15, -0.1) is 5.10 Å². The predicted octanol–water partition coefficient (Wildman–Crippen LogP) is 3.30. The van der Waals surface area contributed by atoms with Crippen molar-refractivity contribution in [3.8, 4) is 5.69 Å². The van der Waals surface area contributed by atoms with E-state index in [2.05, 4.69) is 16.2 Å². The molecular formula is C31H27N5O4. The van der Waals surface area contributed by atoms with E-state index in [0.717, 1.165) is 21.8 Å². The average Bonchev–Trinajstić information content (AvgIpc) is 3.28. The van der Waals surface area contributed by atoms with Gasteiger partial charge in [-0.3, -0.25) is 19.1 Å². The Kier molecular flexibility index (Phi) is 6.87. The second-order valence-corrected chi connectivity index (χ2v) is 9.62. The Morgan fingerprint density at radius 1 is 1.00 bits per heavy atom. The van der Waals surface area contributed by atoms with Crippen molar-refractivity contribution in [3.05, 3.63) is 122 Å². The molecule has 0 aliphatic carbocycles. The number of amides is 1. The number of fused-ring (bicyclic) bond motifs is 1. The number of aromatic carboxylic acids is 1. The SMILES string of the molecule is Cc1cc(N(C)C)ccc1C=C/C=c1/c(C)c2c(n(-c3cccnc3)c1=O)=NN(c1cccc(C(=O)O)c1)C2=O. The minimum Gasteiger partial charge on any atom is -0.478 e. The molecule has 2 aromatic carbocycles. The van der Waals surface area contributed by atoms with E-state index >= 15 is 0 Å². The van der Waals surface area contributed by atoms with Crippen LogP contribution in [0.2, 0.25) is 0 Å². The van der Waals surface area contributed by atoms with Gasteiger partial charge in [-0.05, 0) is 79.1 Å². The molecule has 9 heteroatoms. The van der Waals surface area contributed by atoms with Crippen LogP contribution in [0.15, 0.2) is 83.0 Å². The van der Waals surface area contributed by atoms with E-state index in [0.29, 0.717) is 16.5 Å². The van der Waals surface area contributed by atoms with Crippen LogP contribution in [-0.2, 0) is 0 Å². The molecule has 2 aromatic heterocycles. The molecule has 40 heavy (non-hydrogen) atoms. The molecule has 200 valence electrons. The van der Waals surface area contributed by atoms with Crippen molar-refractivity contribution >= 4 is 35.4 Å². The van der Waals surface area contributed by atoms with E-state index in [9.17, 15) is 19.5 Å². The van der Waals surface area contributed by atoms with Gasteiger partial charge in [0, 0.05) is 31.2 Å². The molecule has 0 atom stereocenters. The third-order valence-corrected chi connectivity index (χ3v) is 6.80. The Morgan fingerprint density at radius 2 is 1.77 bits per heavy atom. The van der Waals surface area contributed by atoms with Crippen LogP contribution in [0, 0.1) is 13.8 Å². The van der Waals surface area contributed by atoms with E-state index < -0.39 is 11.9 Å². The number of carboxylic acids is 1. The zero-order valence-electron chi connectivity index (χ0n) is 22.5. The quantitative estimate of drug-likeness (QED) is 0.408. The summed E-state index contributed by atoms with van der Waals surface area (Å²) in [5, 5.41) is 15.4. The van der Waals surface area contributed by atoms with Gasteiger partial charge in [0.2, 0.25) is 0 Å². The zero-order chi connectivity index (χ0) is 28.6. The second-order valence-electron chi connectivity index (χ2n) is 9.62. The maximum atomic E-state index is 13.9. The minimum absolute atomic E-state index is 0.0193. The summed E-state index contributed by atoms with van der Waals surface area (Å²) in [6.45, 7) is 3.74. The molecule has 1 amide bonds. The number of nitrogens with zero attached hydrogens (tertiary/aromatic N) is 5. The van der Waals surface area contributed by atoms with Crippen LogP contribution in [0.5, 0.6) is 0 Å². The van der Waals surface area contributed by atoms with Gasteiger partial charge in [0.15, 0.2) is 5.49 Å². The summed E-state index contributed by atoms with van der Waals surface area (Å²) in [6, 6.07) is 15.5. The molecular weight excluding hydrogens is 506 g/mol. The first kappa shape index (κ1) is 26.3. The molecule has 0 unspecified atom stereocenters. The Bertz CT molecular complexity index is 1870. The van der Waals surface area contributed by atoms with Gasteiger partial charge in [-0.1, -0.05) is 24.3 Å². The van der Waals surface area contributed by atoms with Gasteiger partial charge >= 0.3 is 5.97 Å². The van der Waals surface area contributed by atoms with Crippen molar-refractivity contribution in [2.75, 3.05) is 24.0 Å². The molecule has 5 rings (SSSR count). The number of pyridine rings is 2. The van der Waals surface area contributed by atoms with Crippen molar-refractivity contribution in [2.24, 2.45) is 5.10 Å². The van der Waals surface area contributed by atoms with Gasteiger partial charge in [0.25, 0.3) is 11.5 Å². The summed E-state index contributed by atoms with van der Waals surface area (Å²) in [6.07, 6.45) is 8.54. The molecule has 1 aliphatic rings. The highest BCUT2D eigenvalue weighted by atomic mass is 16.4. The highest BCUT2D eigenvalue weighted by molar-refractivity contribution is 6.08. The molecule has 0 saturated carbocycles. The fourth-order valence-electron chi connectivity index (χ4n) is 4.63. The van der Waals surface area contributed by atoms with Gasteiger partial charge in [0.1, 0.15) is 0 Å². The molecule has 3 heterocycles. The lowest BCUT2D eigenvalue weighted by Gasteiger charge is -2.13. The first-order valence-electron chi connectivity index (χ1n) is 12.6. The summed E-state index contributed by atoms with van der Waals surface area (Å²) < 4.78 is 1.37. The third-order valence-electron chi connectivity index (χ3n) is 6.80. The monoisotopic (exact) mass is 533 g/mol. The Morgan fingerprint density at radius 3 is 2.45 bits per heavy atom. The van der Waals surface area contributed by atoms with E-state index in [1.807, 2.05) is 44.1 Å². The lowest BCUT2D eigenvalue weighted by molar-refractivity contribution is 0.0696. The van der Waals surface area contributed by atoms with Gasteiger partial charge in [-0.2, -0.15) is 5.01 Å². The van der Waals surface area contributed by atoms with Crippen molar-refractivity contribution in [1.82, 2.24) is 9.55 Å². The van der Waals surface area contributed by atoms with E-state index in [1.54, 1.807) is 49.5 Å². The van der Waals surface area contributed by atoms with Crippen LogP contribution in [0.3, 0.4) is 0 Å². The van der Waals surface area contributed by atoms with Crippen LogP contribution in [0.1, 0.15) is 37.4 Å². The van der Waals surface area contributed by atoms with E-state index in [4.69, 9.17) is 0 Å². The highest BCUT2D eigenvalue weighted by Gasteiger charge is 2.31. The van der Waals surface area contributed by atoms with Crippen LogP contribution < -0.4 is 26.2 Å². The molecule has 1 N–H and O–H groups in total. The summed E-state index contributed by atoms with van der Waals surface area (Å²) in [5.74, 6) is -1.58. The average molecular weight is 534 g/mol. The van der Waals surface area contributed by atoms with Crippen molar-refractivity contribution in [1.29, 1.82) is 0 Å². The van der Waals surface area contributed by atoms with Crippen molar-refractivity contribution < 1.29 is 14.7 Å². The number of aryl methyl sites for hydroxylation is 1. The smallest absolute Gasteiger partial charge is 0.335 e. The number of anilines is 2. The molecule has 1 aliphatic heterocycles. The Labute approximate surface area is 230 Å². The number of aromatic nitrogens is 2. The first-order valence-corrected chi connectivity index (χ1v) is 12.6. The van der Waals surface area contributed by atoms with Gasteiger partial charge < -0.3 is 10.0 Å². The lowest BCUT2D eigenvalue weighted by Crippen LogP contribution is -2.45. The molecule has 0 bridgehead atoms. The zero-order valence-corrected chi connectivity index (χ0v) is 22.5. The maximum absolute atomic E-state index is 13.9. The number of rotatable bonds is 6. The molecule has 0 saturated heterocycles. The Balaban J connectivity index is 1.68. The number of carbonyl (C=O) groups excluding carboxylic acids is 1. The first-order chi connectivity index (χ1) is 19.2. The second kappa shape index (κ2) is 10.5. The topological polar surface area (TPSA) is 108 Å². The lowest BCUT2D eigenvalue weighted by atomic mass is 10.1. The van der Waals surface area contributed by atoms with E-state index in [1.165, 1.54) is 22.9 Å². The third kappa shape index (κ3) is 4.69. The number of carbonyl (C=O) groups is 2. The van der Waals surface area contributed by atoms with Crippen LogP contribution in [0.4, 0.5) is 11.4 Å². The van der Waals surface area contributed by atoms with Crippen LogP contribution in [0.25, 0.3) is 17.8 Å². The summed E-state index contributed by atoms with van der Waals surface area (Å²) in [5.41, 5.74) is 4.49. The highest BCUT2D eigenvalue weighted by Crippen LogP contribution is 2.22. The number of allylic oxidation sites excluding steroid dienone is 1. The number of carboxylic acid groups (broad SMARTS) is 1. The molecule has 4 aromatic rings. The summed E-state index contributed by atoms with van der Waals surface area (Å²) in [7, 11) is 3.97. The Hall–Kier alpha value is -5.31. The molecule has 0 fully saturated rings. The summed E-state index contributed by atoms with van der Waals surface area (Å²) in [4.78, 5) is 45.3.